The van der Waals surface area contributed by atoms with Gasteiger partial charge in [-0.3, -0.25) is 4.79 Å². The van der Waals surface area contributed by atoms with Crippen LogP contribution in [0, 0.1) is 23.2 Å². The Labute approximate surface area is 117 Å². The molecule has 2 heteroatoms. The zero-order valence-corrected chi connectivity index (χ0v) is 12.8. The van der Waals surface area contributed by atoms with Gasteiger partial charge in [-0.1, -0.05) is 32.4 Å². The first kappa shape index (κ1) is 13.2. The van der Waals surface area contributed by atoms with Gasteiger partial charge in [0.25, 0.3) is 0 Å². The zero-order valence-electron chi connectivity index (χ0n) is 12.8. The van der Waals surface area contributed by atoms with Crippen molar-refractivity contribution in [2.75, 3.05) is 7.05 Å². The maximum atomic E-state index is 12.0. The lowest BCUT2D eigenvalue weighted by atomic mass is 9.54. The number of hydrogen-bond donors (Lipinski definition) is 0. The number of allylic oxidation sites excluding steroid dienone is 1. The summed E-state index contributed by atoms with van der Waals surface area (Å²) in [5, 5.41) is 0. The van der Waals surface area contributed by atoms with Crippen LogP contribution in [0.3, 0.4) is 0 Å². The van der Waals surface area contributed by atoms with Crippen molar-refractivity contribution >= 4 is 5.91 Å². The second-order valence-corrected chi connectivity index (χ2v) is 7.35. The molecule has 3 rings (SSSR count). The fourth-order valence-electron chi connectivity index (χ4n) is 4.93. The van der Waals surface area contributed by atoms with Crippen LogP contribution in [0.1, 0.15) is 52.9 Å². The Balaban J connectivity index is 1.97. The Kier molecular flexibility index (Phi) is 3.03. The van der Waals surface area contributed by atoms with Gasteiger partial charge in [0.05, 0.1) is 0 Å². The summed E-state index contributed by atoms with van der Waals surface area (Å²) in [7, 11) is 2.01. The molecule has 2 aliphatic carbocycles. The number of nitrogens with zero attached hydrogens (tertiary/aromatic N) is 1. The molecule has 0 spiro atoms. The minimum atomic E-state index is 0.250. The molecule has 0 aromatic carbocycles. The van der Waals surface area contributed by atoms with Crippen LogP contribution in [0.25, 0.3) is 0 Å². The van der Waals surface area contributed by atoms with E-state index in [4.69, 9.17) is 0 Å². The molecule has 1 saturated carbocycles. The van der Waals surface area contributed by atoms with Crippen LogP contribution in [-0.4, -0.2) is 23.9 Å². The molecule has 1 amide bonds. The minimum Gasteiger partial charge on any atom is -0.342 e. The van der Waals surface area contributed by atoms with Crippen LogP contribution < -0.4 is 0 Å². The Morgan fingerprint density at radius 2 is 2.05 bits per heavy atom. The number of hydrogen-bond acceptors (Lipinski definition) is 1. The predicted octanol–water partition coefficient (Wildman–Crippen LogP) is 3.63. The molecular formula is C17H27NO. The van der Waals surface area contributed by atoms with Crippen LogP contribution >= 0.6 is 0 Å². The quantitative estimate of drug-likeness (QED) is 0.610. The second kappa shape index (κ2) is 4.36. The van der Waals surface area contributed by atoms with Crippen LogP contribution in [-0.2, 0) is 4.79 Å². The summed E-state index contributed by atoms with van der Waals surface area (Å²) in [6.45, 7) is 7.24. The Hall–Kier alpha value is -0.790. The zero-order chi connectivity index (χ0) is 13.8. The highest BCUT2D eigenvalue weighted by Crippen LogP contribution is 2.55. The normalized spacial score (nSPS) is 46.4. The number of rotatable bonds is 0. The van der Waals surface area contributed by atoms with E-state index in [1.807, 2.05) is 11.9 Å². The average molecular weight is 261 g/mol. The summed E-state index contributed by atoms with van der Waals surface area (Å²) in [4.78, 5) is 14.0. The van der Waals surface area contributed by atoms with Gasteiger partial charge in [0, 0.05) is 24.9 Å². The van der Waals surface area contributed by atoms with Crippen molar-refractivity contribution in [3.05, 3.63) is 11.6 Å². The third-order valence-corrected chi connectivity index (χ3v) is 6.51. The van der Waals surface area contributed by atoms with Gasteiger partial charge in [0.1, 0.15) is 0 Å². The topological polar surface area (TPSA) is 20.3 Å². The van der Waals surface area contributed by atoms with E-state index in [-0.39, 0.29) is 5.41 Å². The van der Waals surface area contributed by atoms with Crippen molar-refractivity contribution in [1.29, 1.82) is 0 Å². The lowest BCUT2D eigenvalue weighted by Gasteiger charge is -2.56. The van der Waals surface area contributed by atoms with E-state index in [0.29, 0.717) is 11.9 Å². The first-order chi connectivity index (χ1) is 8.95. The van der Waals surface area contributed by atoms with E-state index >= 15 is 0 Å². The van der Waals surface area contributed by atoms with Crippen molar-refractivity contribution in [1.82, 2.24) is 4.90 Å². The maximum absolute atomic E-state index is 12.0. The van der Waals surface area contributed by atoms with E-state index in [1.54, 1.807) is 5.57 Å². The minimum absolute atomic E-state index is 0.250. The average Bonchev–Trinajstić information content (AvgIpc) is 2.39. The Bertz CT molecular complexity index is 427. The molecule has 2 nitrogen and oxygen atoms in total. The summed E-state index contributed by atoms with van der Waals surface area (Å²) in [5.74, 6) is 2.74. The van der Waals surface area contributed by atoms with E-state index in [2.05, 4.69) is 26.8 Å². The van der Waals surface area contributed by atoms with Gasteiger partial charge < -0.3 is 4.90 Å². The summed E-state index contributed by atoms with van der Waals surface area (Å²) in [6, 6.07) is 0.442. The number of carbonyl (C=O) groups excluding carboxylic acids is 1. The molecule has 0 N–H and O–H groups in total. The third-order valence-electron chi connectivity index (χ3n) is 6.51. The van der Waals surface area contributed by atoms with Gasteiger partial charge >= 0.3 is 0 Å². The van der Waals surface area contributed by atoms with E-state index < -0.39 is 0 Å². The molecule has 0 radical (unpaired) electrons. The lowest BCUT2D eigenvalue weighted by Crippen LogP contribution is -2.56. The molecule has 1 saturated heterocycles. The standard InChI is InChI=1S/C17H27NO/c1-11-5-7-14-13(12(11)2)6-8-15-17(14,3)10-9-16(19)18(15)4/h7,11-13,15H,5-6,8-10H2,1-4H3/t11?,12?,13-,15?,17+/m0/s1. The molecule has 19 heavy (non-hydrogen) atoms. The molecule has 1 heterocycles. The maximum Gasteiger partial charge on any atom is 0.222 e. The molecule has 0 aromatic rings. The Morgan fingerprint density at radius 1 is 1.32 bits per heavy atom. The molecule has 0 aromatic heterocycles. The van der Waals surface area contributed by atoms with Crippen molar-refractivity contribution in [3.63, 3.8) is 0 Å². The number of amides is 1. The second-order valence-electron chi connectivity index (χ2n) is 7.35. The molecule has 3 unspecified atom stereocenters. The molecule has 2 fully saturated rings. The van der Waals surface area contributed by atoms with Crippen LogP contribution in [0.5, 0.6) is 0 Å². The van der Waals surface area contributed by atoms with E-state index in [1.165, 1.54) is 19.3 Å². The Morgan fingerprint density at radius 3 is 2.79 bits per heavy atom. The van der Waals surface area contributed by atoms with Crippen LogP contribution in [0.15, 0.2) is 11.6 Å². The number of fused-ring (bicyclic) bond motifs is 3. The smallest absolute Gasteiger partial charge is 0.222 e. The first-order valence-corrected chi connectivity index (χ1v) is 7.91. The fourth-order valence-corrected chi connectivity index (χ4v) is 4.93. The molecule has 1 aliphatic heterocycles. The summed E-state index contributed by atoms with van der Waals surface area (Å²) in [5.41, 5.74) is 1.94. The van der Waals surface area contributed by atoms with Gasteiger partial charge in [0.2, 0.25) is 5.91 Å². The van der Waals surface area contributed by atoms with Gasteiger partial charge in [-0.05, 0) is 43.4 Å². The van der Waals surface area contributed by atoms with Crippen molar-refractivity contribution < 1.29 is 4.79 Å². The molecule has 106 valence electrons. The predicted molar refractivity (Wildman–Crippen MR) is 77.7 cm³/mol. The van der Waals surface area contributed by atoms with Crippen molar-refractivity contribution in [3.8, 4) is 0 Å². The van der Waals surface area contributed by atoms with E-state index in [0.717, 1.165) is 30.6 Å². The summed E-state index contributed by atoms with van der Waals surface area (Å²) < 4.78 is 0. The van der Waals surface area contributed by atoms with Crippen LogP contribution in [0.4, 0.5) is 0 Å². The van der Waals surface area contributed by atoms with Gasteiger partial charge in [0.15, 0.2) is 0 Å². The SMILES string of the molecule is CC1CC=C2[C@@H](CCC3N(C)C(=O)CC[C@]23C)C1C. The number of piperidine rings is 1. The molecule has 3 aliphatic rings. The summed E-state index contributed by atoms with van der Waals surface area (Å²) >= 11 is 0. The fraction of sp³-hybridized carbons (Fsp3) is 0.824. The third kappa shape index (κ3) is 1.79. The largest absolute Gasteiger partial charge is 0.342 e. The molecule has 0 bridgehead atoms. The van der Waals surface area contributed by atoms with Gasteiger partial charge in [-0.15, -0.1) is 0 Å². The highest BCUT2D eigenvalue weighted by Gasteiger charge is 2.51. The van der Waals surface area contributed by atoms with Crippen molar-refractivity contribution in [2.45, 2.75) is 58.9 Å². The lowest BCUT2D eigenvalue weighted by molar-refractivity contribution is -0.141. The van der Waals surface area contributed by atoms with Crippen molar-refractivity contribution in [2.24, 2.45) is 23.2 Å². The highest BCUT2D eigenvalue weighted by atomic mass is 16.2. The first-order valence-electron chi connectivity index (χ1n) is 7.91. The molecular weight excluding hydrogens is 234 g/mol. The number of carbonyl (C=O) groups is 1. The molecule has 5 atom stereocenters. The van der Waals surface area contributed by atoms with E-state index in [9.17, 15) is 4.79 Å². The van der Waals surface area contributed by atoms with Crippen LogP contribution in [0.2, 0.25) is 0 Å². The summed E-state index contributed by atoms with van der Waals surface area (Å²) in [6.07, 6.45) is 8.02. The van der Waals surface area contributed by atoms with Gasteiger partial charge in [-0.2, -0.15) is 0 Å². The monoisotopic (exact) mass is 261 g/mol. The highest BCUT2D eigenvalue weighted by molar-refractivity contribution is 5.77. The number of likely N-dealkylation sites (tertiary alicyclic amines) is 1. The van der Waals surface area contributed by atoms with Gasteiger partial charge in [-0.25, -0.2) is 0 Å².